The van der Waals surface area contributed by atoms with E-state index in [9.17, 15) is 9.59 Å². The van der Waals surface area contributed by atoms with Crippen LogP contribution >= 0.6 is 0 Å². The standard InChI is InChI=1S/C14H25N3O3/c1-2-20-12-4-9-17(10-5-12)14(19)13(18)16-8-3-6-15-7-11-16/h12,15H,2-11H2,1H3. The maximum atomic E-state index is 12.2. The van der Waals surface area contributed by atoms with Crippen molar-refractivity contribution in [2.45, 2.75) is 32.3 Å². The van der Waals surface area contributed by atoms with Gasteiger partial charge in [-0.25, -0.2) is 0 Å². The number of ether oxygens (including phenoxy) is 1. The molecule has 20 heavy (non-hydrogen) atoms. The third-order valence-electron chi connectivity index (χ3n) is 3.94. The van der Waals surface area contributed by atoms with E-state index in [4.69, 9.17) is 4.74 Å². The Morgan fingerprint density at radius 3 is 2.35 bits per heavy atom. The van der Waals surface area contributed by atoms with Crippen LogP contribution in [0.5, 0.6) is 0 Å². The van der Waals surface area contributed by atoms with Crippen molar-refractivity contribution in [2.24, 2.45) is 0 Å². The molecule has 2 saturated heterocycles. The second-order valence-corrected chi connectivity index (χ2v) is 5.34. The number of likely N-dealkylation sites (tertiary alicyclic amines) is 1. The average Bonchev–Trinajstić information content (AvgIpc) is 2.76. The molecular formula is C14H25N3O3. The summed E-state index contributed by atoms with van der Waals surface area (Å²) in [5.41, 5.74) is 0. The van der Waals surface area contributed by atoms with Gasteiger partial charge in [-0.2, -0.15) is 0 Å². The molecule has 114 valence electrons. The lowest BCUT2D eigenvalue weighted by Gasteiger charge is -2.32. The molecule has 6 heteroatoms. The summed E-state index contributed by atoms with van der Waals surface area (Å²) in [6.45, 7) is 6.92. The average molecular weight is 283 g/mol. The molecule has 0 spiro atoms. The zero-order chi connectivity index (χ0) is 14.4. The molecule has 2 fully saturated rings. The second kappa shape index (κ2) is 7.59. The van der Waals surface area contributed by atoms with Crippen molar-refractivity contribution in [1.29, 1.82) is 0 Å². The summed E-state index contributed by atoms with van der Waals surface area (Å²) in [7, 11) is 0. The van der Waals surface area contributed by atoms with Gasteiger partial charge in [-0.1, -0.05) is 0 Å². The SMILES string of the molecule is CCOC1CCN(C(=O)C(=O)N2CCCNCC2)CC1. The second-order valence-electron chi connectivity index (χ2n) is 5.34. The molecule has 0 aromatic carbocycles. The van der Waals surface area contributed by atoms with Crippen molar-refractivity contribution in [3.63, 3.8) is 0 Å². The van der Waals surface area contributed by atoms with Crippen LogP contribution in [0.3, 0.4) is 0 Å². The van der Waals surface area contributed by atoms with E-state index in [0.29, 0.717) is 32.8 Å². The molecule has 0 atom stereocenters. The van der Waals surface area contributed by atoms with Gasteiger partial charge in [0, 0.05) is 39.3 Å². The van der Waals surface area contributed by atoms with E-state index in [-0.39, 0.29) is 17.9 Å². The van der Waals surface area contributed by atoms with Gasteiger partial charge in [-0.15, -0.1) is 0 Å². The summed E-state index contributed by atoms with van der Waals surface area (Å²) in [4.78, 5) is 27.8. The highest BCUT2D eigenvalue weighted by Crippen LogP contribution is 2.14. The summed E-state index contributed by atoms with van der Waals surface area (Å²) < 4.78 is 5.56. The Labute approximate surface area is 120 Å². The lowest BCUT2D eigenvalue weighted by Crippen LogP contribution is -2.49. The number of carbonyl (C=O) groups is 2. The first-order valence-corrected chi connectivity index (χ1v) is 7.63. The van der Waals surface area contributed by atoms with Crippen LogP contribution < -0.4 is 5.32 Å². The molecule has 0 radical (unpaired) electrons. The first kappa shape index (κ1) is 15.3. The Kier molecular flexibility index (Phi) is 5.79. The molecule has 0 aromatic rings. The summed E-state index contributed by atoms with van der Waals surface area (Å²) >= 11 is 0. The summed E-state index contributed by atoms with van der Waals surface area (Å²) in [5.74, 6) is -0.689. The van der Waals surface area contributed by atoms with Crippen molar-refractivity contribution >= 4 is 11.8 Å². The summed E-state index contributed by atoms with van der Waals surface area (Å²) in [6.07, 6.45) is 2.80. The normalized spacial score (nSPS) is 21.6. The van der Waals surface area contributed by atoms with Gasteiger partial charge in [0.05, 0.1) is 6.10 Å². The maximum Gasteiger partial charge on any atom is 0.312 e. The van der Waals surface area contributed by atoms with Crippen LogP contribution in [-0.2, 0) is 14.3 Å². The molecule has 2 heterocycles. The predicted octanol–water partition coefficient (Wildman–Crippen LogP) is -0.164. The fourth-order valence-corrected chi connectivity index (χ4v) is 2.78. The molecule has 0 saturated carbocycles. The van der Waals surface area contributed by atoms with Gasteiger partial charge in [0.25, 0.3) is 0 Å². The van der Waals surface area contributed by atoms with Gasteiger partial charge < -0.3 is 19.9 Å². The highest BCUT2D eigenvalue weighted by molar-refractivity contribution is 6.34. The zero-order valence-electron chi connectivity index (χ0n) is 12.3. The molecule has 0 aromatic heterocycles. The third kappa shape index (κ3) is 3.93. The van der Waals surface area contributed by atoms with E-state index in [1.165, 1.54) is 0 Å². The molecule has 2 amide bonds. The van der Waals surface area contributed by atoms with Crippen molar-refractivity contribution in [1.82, 2.24) is 15.1 Å². The quantitative estimate of drug-likeness (QED) is 0.715. The van der Waals surface area contributed by atoms with E-state index >= 15 is 0 Å². The van der Waals surface area contributed by atoms with Crippen LogP contribution in [0.4, 0.5) is 0 Å². The molecule has 0 aliphatic carbocycles. The minimum atomic E-state index is -0.346. The molecule has 0 unspecified atom stereocenters. The third-order valence-corrected chi connectivity index (χ3v) is 3.94. The van der Waals surface area contributed by atoms with Crippen LogP contribution in [0.15, 0.2) is 0 Å². The Morgan fingerprint density at radius 1 is 1.05 bits per heavy atom. The number of hydrogen-bond donors (Lipinski definition) is 1. The number of rotatable bonds is 2. The van der Waals surface area contributed by atoms with Crippen molar-refractivity contribution in [3.8, 4) is 0 Å². The Hall–Kier alpha value is -1.14. The predicted molar refractivity (Wildman–Crippen MR) is 75.3 cm³/mol. The van der Waals surface area contributed by atoms with Crippen molar-refractivity contribution in [3.05, 3.63) is 0 Å². The number of piperidine rings is 1. The maximum absolute atomic E-state index is 12.2. The first-order valence-electron chi connectivity index (χ1n) is 7.63. The smallest absolute Gasteiger partial charge is 0.312 e. The number of amides is 2. The minimum Gasteiger partial charge on any atom is -0.378 e. The number of nitrogens with one attached hydrogen (secondary N) is 1. The van der Waals surface area contributed by atoms with E-state index < -0.39 is 0 Å². The van der Waals surface area contributed by atoms with Crippen LogP contribution in [0.25, 0.3) is 0 Å². The minimum absolute atomic E-state index is 0.238. The molecule has 1 N–H and O–H groups in total. The molecule has 2 aliphatic heterocycles. The Balaban J connectivity index is 1.83. The van der Waals surface area contributed by atoms with Gasteiger partial charge in [0.2, 0.25) is 0 Å². The van der Waals surface area contributed by atoms with Crippen LogP contribution in [0.1, 0.15) is 26.2 Å². The van der Waals surface area contributed by atoms with E-state index in [1.54, 1.807) is 9.80 Å². The van der Waals surface area contributed by atoms with Crippen molar-refractivity contribution in [2.75, 3.05) is 45.9 Å². The summed E-state index contributed by atoms with van der Waals surface area (Å²) in [5, 5.41) is 3.24. The topological polar surface area (TPSA) is 61.9 Å². The summed E-state index contributed by atoms with van der Waals surface area (Å²) in [6, 6.07) is 0. The van der Waals surface area contributed by atoms with Crippen LogP contribution in [0.2, 0.25) is 0 Å². The fraction of sp³-hybridized carbons (Fsp3) is 0.857. The Morgan fingerprint density at radius 2 is 1.70 bits per heavy atom. The fourth-order valence-electron chi connectivity index (χ4n) is 2.78. The zero-order valence-corrected chi connectivity index (χ0v) is 12.3. The molecule has 2 aliphatic rings. The molecule has 2 rings (SSSR count). The van der Waals surface area contributed by atoms with Gasteiger partial charge in [-0.05, 0) is 32.7 Å². The highest BCUT2D eigenvalue weighted by Gasteiger charge is 2.30. The van der Waals surface area contributed by atoms with Gasteiger partial charge >= 0.3 is 11.8 Å². The number of hydrogen-bond acceptors (Lipinski definition) is 4. The Bertz CT molecular complexity index is 333. The number of nitrogens with zero attached hydrogens (tertiary/aromatic N) is 2. The lowest BCUT2D eigenvalue weighted by molar-refractivity contribution is -0.153. The highest BCUT2D eigenvalue weighted by atomic mass is 16.5. The van der Waals surface area contributed by atoms with Crippen LogP contribution in [0, 0.1) is 0 Å². The largest absolute Gasteiger partial charge is 0.378 e. The van der Waals surface area contributed by atoms with Gasteiger partial charge in [0.15, 0.2) is 0 Å². The first-order chi connectivity index (χ1) is 9.72. The lowest BCUT2D eigenvalue weighted by atomic mass is 10.1. The molecule has 6 nitrogen and oxygen atoms in total. The van der Waals surface area contributed by atoms with E-state index in [0.717, 1.165) is 32.4 Å². The van der Waals surface area contributed by atoms with Crippen LogP contribution in [-0.4, -0.2) is 73.6 Å². The molecular weight excluding hydrogens is 258 g/mol. The molecule has 0 bridgehead atoms. The van der Waals surface area contributed by atoms with Gasteiger partial charge in [-0.3, -0.25) is 9.59 Å². The monoisotopic (exact) mass is 283 g/mol. The van der Waals surface area contributed by atoms with Gasteiger partial charge in [0.1, 0.15) is 0 Å². The number of carbonyl (C=O) groups excluding carboxylic acids is 2. The van der Waals surface area contributed by atoms with E-state index in [1.807, 2.05) is 6.92 Å². The van der Waals surface area contributed by atoms with E-state index in [2.05, 4.69) is 5.32 Å². The van der Waals surface area contributed by atoms with Crippen molar-refractivity contribution < 1.29 is 14.3 Å².